The van der Waals surface area contributed by atoms with Crippen LogP contribution in [0.3, 0.4) is 0 Å². The van der Waals surface area contributed by atoms with Crippen LogP contribution in [-0.4, -0.2) is 63.8 Å². The molecule has 1 atom stereocenters. The van der Waals surface area contributed by atoms with Crippen LogP contribution in [0.15, 0.2) is 34.9 Å². The fraction of sp³-hybridized carbons (Fsp3) is 0.500. The minimum absolute atomic E-state index is 0.0133. The van der Waals surface area contributed by atoms with Gasteiger partial charge in [-0.05, 0) is 37.8 Å². The summed E-state index contributed by atoms with van der Waals surface area (Å²) < 4.78 is 5.38. The Bertz CT molecular complexity index is 930. The number of nitrogens with one attached hydrogen (secondary N) is 1. The van der Waals surface area contributed by atoms with Crippen LogP contribution in [0.4, 0.5) is 4.79 Å². The van der Waals surface area contributed by atoms with E-state index in [0.29, 0.717) is 29.6 Å². The highest BCUT2D eigenvalue weighted by Gasteiger charge is 2.39. The molecule has 1 saturated heterocycles. The zero-order chi connectivity index (χ0) is 21.8. The van der Waals surface area contributed by atoms with Crippen LogP contribution in [0.1, 0.15) is 37.9 Å². The Morgan fingerprint density at radius 2 is 2.10 bits per heavy atom. The second-order valence-corrected chi connectivity index (χ2v) is 8.53. The number of piperidine rings is 1. The highest BCUT2D eigenvalue weighted by Crippen LogP contribution is 2.32. The standard InChI is InChI=1S/C22H27ClN4O4/c23-16-4-1-3-15(11-16)20-12-19(31-25-20)13-24-22(30)27(17-6-7-17)18-5-2-9-26(14-18)21(29)8-10-28/h1,3-4,11-12,17-18,28H,2,5-10,13-14H2,(H,24,30)/t18-/m1/s1. The number of benzene rings is 1. The van der Waals surface area contributed by atoms with Crippen LogP contribution in [0.5, 0.6) is 0 Å². The largest absolute Gasteiger partial charge is 0.396 e. The third-order valence-corrected chi connectivity index (χ3v) is 5.97. The fourth-order valence-corrected chi connectivity index (χ4v) is 4.27. The minimum Gasteiger partial charge on any atom is -0.396 e. The molecule has 0 spiro atoms. The topological polar surface area (TPSA) is 98.9 Å². The molecule has 2 heterocycles. The Kier molecular flexibility index (Phi) is 6.77. The first-order valence-electron chi connectivity index (χ1n) is 10.7. The van der Waals surface area contributed by atoms with E-state index in [2.05, 4.69) is 10.5 Å². The first-order valence-corrected chi connectivity index (χ1v) is 11.1. The highest BCUT2D eigenvalue weighted by atomic mass is 35.5. The predicted molar refractivity (Wildman–Crippen MR) is 115 cm³/mol. The van der Waals surface area contributed by atoms with E-state index < -0.39 is 0 Å². The Morgan fingerprint density at radius 1 is 1.26 bits per heavy atom. The van der Waals surface area contributed by atoms with E-state index in [-0.39, 0.29) is 43.6 Å². The lowest BCUT2D eigenvalue weighted by Crippen LogP contribution is -2.54. The van der Waals surface area contributed by atoms with Gasteiger partial charge in [0.15, 0.2) is 5.76 Å². The fourth-order valence-electron chi connectivity index (χ4n) is 4.08. The quantitative estimate of drug-likeness (QED) is 0.681. The lowest BCUT2D eigenvalue weighted by Gasteiger charge is -2.39. The van der Waals surface area contributed by atoms with Crippen molar-refractivity contribution < 1.29 is 19.2 Å². The van der Waals surface area contributed by atoms with Crippen molar-refractivity contribution in [2.24, 2.45) is 0 Å². The zero-order valence-corrected chi connectivity index (χ0v) is 18.1. The Balaban J connectivity index is 1.37. The van der Waals surface area contributed by atoms with E-state index >= 15 is 0 Å². The van der Waals surface area contributed by atoms with Gasteiger partial charge >= 0.3 is 6.03 Å². The number of hydrogen-bond donors (Lipinski definition) is 2. The maximum atomic E-state index is 13.0. The van der Waals surface area contributed by atoms with Crippen LogP contribution in [-0.2, 0) is 11.3 Å². The molecular weight excluding hydrogens is 420 g/mol. The maximum absolute atomic E-state index is 13.0. The first kappa shape index (κ1) is 21.6. The molecule has 8 nitrogen and oxygen atoms in total. The van der Waals surface area contributed by atoms with Gasteiger partial charge in [-0.1, -0.05) is 28.9 Å². The summed E-state index contributed by atoms with van der Waals surface area (Å²) in [6.07, 6.45) is 3.81. The second kappa shape index (κ2) is 9.70. The molecule has 2 aliphatic rings. The third-order valence-electron chi connectivity index (χ3n) is 5.74. The molecule has 1 aromatic carbocycles. The molecule has 2 aromatic rings. The highest BCUT2D eigenvalue weighted by molar-refractivity contribution is 6.30. The summed E-state index contributed by atoms with van der Waals surface area (Å²) in [5.74, 6) is 0.501. The maximum Gasteiger partial charge on any atom is 0.318 e. The number of aromatic nitrogens is 1. The number of rotatable bonds is 7. The van der Waals surface area contributed by atoms with Crippen molar-refractivity contribution >= 4 is 23.5 Å². The summed E-state index contributed by atoms with van der Waals surface area (Å²) in [5, 5.41) is 16.7. The predicted octanol–water partition coefficient (Wildman–Crippen LogP) is 3.04. The molecule has 9 heteroatoms. The number of carbonyl (C=O) groups excluding carboxylic acids is 2. The molecule has 0 radical (unpaired) electrons. The molecule has 4 rings (SSSR count). The van der Waals surface area contributed by atoms with Crippen LogP contribution in [0.25, 0.3) is 11.3 Å². The normalized spacial score (nSPS) is 18.6. The number of hydrogen-bond acceptors (Lipinski definition) is 5. The van der Waals surface area contributed by atoms with Crippen molar-refractivity contribution in [3.8, 4) is 11.3 Å². The lowest BCUT2D eigenvalue weighted by atomic mass is 10.0. The van der Waals surface area contributed by atoms with Crippen LogP contribution < -0.4 is 5.32 Å². The van der Waals surface area contributed by atoms with Gasteiger partial charge < -0.3 is 24.7 Å². The molecule has 1 aliphatic carbocycles. The van der Waals surface area contributed by atoms with Gasteiger partial charge in [-0.2, -0.15) is 0 Å². The molecule has 1 aliphatic heterocycles. The number of aliphatic hydroxyl groups is 1. The van der Waals surface area contributed by atoms with E-state index in [1.807, 2.05) is 23.1 Å². The van der Waals surface area contributed by atoms with Gasteiger partial charge in [0, 0.05) is 42.2 Å². The Morgan fingerprint density at radius 3 is 2.84 bits per heavy atom. The molecule has 2 N–H and O–H groups in total. The van der Waals surface area contributed by atoms with Crippen molar-refractivity contribution in [3.05, 3.63) is 41.1 Å². The molecular formula is C22H27ClN4O4. The molecule has 31 heavy (non-hydrogen) atoms. The van der Waals surface area contributed by atoms with Gasteiger partial charge in [-0.3, -0.25) is 4.79 Å². The van der Waals surface area contributed by atoms with Gasteiger partial charge in [-0.15, -0.1) is 0 Å². The molecule has 3 amide bonds. The number of halogens is 1. The first-order chi connectivity index (χ1) is 15.0. The molecule has 0 unspecified atom stereocenters. The molecule has 166 valence electrons. The van der Waals surface area contributed by atoms with Gasteiger partial charge in [0.1, 0.15) is 5.69 Å². The Hall–Kier alpha value is -2.58. The summed E-state index contributed by atoms with van der Waals surface area (Å²) >= 11 is 6.04. The molecule has 0 bridgehead atoms. The van der Waals surface area contributed by atoms with E-state index in [9.17, 15) is 9.59 Å². The third kappa shape index (κ3) is 5.37. The number of amides is 3. The number of nitrogens with zero attached hydrogens (tertiary/aromatic N) is 3. The zero-order valence-electron chi connectivity index (χ0n) is 17.3. The average molecular weight is 447 g/mol. The SMILES string of the molecule is O=C(CCO)N1CCC[C@@H](N(C(=O)NCc2cc(-c3cccc(Cl)c3)no2)C2CC2)C1. The van der Waals surface area contributed by atoms with Gasteiger partial charge in [0.05, 0.1) is 19.2 Å². The number of likely N-dealkylation sites (tertiary alicyclic amines) is 1. The molecule has 1 saturated carbocycles. The summed E-state index contributed by atoms with van der Waals surface area (Å²) in [5.41, 5.74) is 1.51. The summed E-state index contributed by atoms with van der Waals surface area (Å²) in [6.45, 7) is 1.28. The average Bonchev–Trinajstić information content (AvgIpc) is 3.48. The van der Waals surface area contributed by atoms with Gasteiger partial charge in [-0.25, -0.2) is 4.79 Å². The van der Waals surface area contributed by atoms with Crippen molar-refractivity contribution in [3.63, 3.8) is 0 Å². The number of carbonyl (C=O) groups is 2. The molecule has 1 aromatic heterocycles. The summed E-state index contributed by atoms with van der Waals surface area (Å²) in [7, 11) is 0. The van der Waals surface area contributed by atoms with E-state index in [4.69, 9.17) is 21.2 Å². The second-order valence-electron chi connectivity index (χ2n) is 8.10. The van der Waals surface area contributed by atoms with Gasteiger partial charge in [0.2, 0.25) is 5.91 Å². The summed E-state index contributed by atoms with van der Waals surface area (Å²) in [4.78, 5) is 28.9. The van der Waals surface area contributed by atoms with Crippen LogP contribution in [0.2, 0.25) is 5.02 Å². The van der Waals surface area contributed by atoms with Crippen molar-refractivity contribution in [2.45, 2.75) is 50.7 Å². The van der Waals surface area contributed by atoms with Crippen molar-refractivity contribution in [1.29, 1.82) is 0 Å². The Labute approximate surface area is 186 Å². The van der Waals surface area contributed by atoms with Crippen molar-refractivity contribution in [2.75, 3.05) is 19.7 Å². The van der Waals surface area contributed by atoms with E-state index in [1.54, 1.807) is 17.0 Å². The van der Waals surface area contributed by atoms with E-state index in [1.165, 1.54) is 0 Å². The lowest BCUT2D eigenvalue weighted by molar-refractivity contribution is -0.133. The smallest absolute Gasteiger partial charge is 0.318 e. The minimum atomic E-state index is -0.152. The van der Waals surface area contributed by atoms with E-state index in [0.717, 1.165) is 31.2 Å². The molecule has 2 fully saturated rings. The monoisotopic (exact) mass is 446 g/mol. The van der Waals surface area contributed by atoms with Crippen molar-refractivity contribution in [1.82, 2.24) is 20.3 Å². The van der Waals surface area contributed by atoms with Crippen LogP contribution in [0, 0.1) is 0 Å². The van der Waals surface area contributed by atoms with Gasteiger partial charge in [0.25, 0.3) is 0 Å². The number of aliphatic hydroxyl groups excluding tert-OH is 1. The van der Waals surface area contributed by atoms with Crippen LogP contribution >= 0.6 is 11.6 Å². The summed E-state index contributed by atoms with van der Waals surface area (Å²) in [6, 6.07) is 9.20. The number of urea groups is 1.